The molecule has 1 rings (SSSR count). The van der Waals surface area contributed by atoms with E-state index >= 15 is 0 Å². The van der Waals surface area contributed by atoms with E-state index in [1.165, 1.54) is 6.42 Å². The predicted molar refractivity (Wildman–Crippen MR) is 79.5 cm³/mol. The molecule has 1 N–H and O–H groups in total. The number of hydrogen-bond donors (Lipinski definition) is 1. The molecule has 0 radical (unpaired) electrons. The lowest BCUT2D eigenvalue weighted by Crippen LogP contribution is -2.55. The second kappa shape index (κ2) is 5.15. The van der Waals surface area contributed by atoms with Gasteiger partial charge in [0.25, 0.3) is 0 Å². The third-order valence-corrected chi connectivity index (χ3v) is 5.78. The average molecular weight is 254 g/mol. The molecule has 0 aromatic rings. The third-order valence-electron chi connectivity index (χ3n) is 5.78. The summed E-state index contributed by atoms with van der Waals surface area (Å²) in [5.41, 5.74) is 0.382. The van der Waals surface area contributed by atoms with Crippen molar-refractivity contribution >= 4 is 0 Å². The summed E-state index contributed by atoms with van der Waals surface area (Å²) in [4.78, 5) is 0. The monoisotopic (exact) mass is 254 g/mol. The summed E-state index contributed by atoms with van der Waals surface area (Å²) >= 11 is 0. The Bertz CT molecular complexity index is 279. The Morgan fingerprint density at radius 2 is 1.61 bits per heavy atom. The van der Waals surface area contributed by atoms with Gasteiger partial charge in [-0.1, -0.05) is 55.4 Å². The molecule has 0 amide bonds. The molecule has 4 atom stereocenters. The highest BCUT2D eigenvalue weighted by Crippen LogP contribution is 2.58. The molecule has 0 heterocycles. The van der Waals surface area contributed by atoms with E-state index in [2.05, 4.69) is 55.4 Å². The zero-order valence-corrected chi connectivity index (χ0v) is 13.7. The highest BCUT2D eigenvalue weighted by molar-refractivity contribution is 5.03. The summed E-state index contributed by atoms with van der Waals surface area (Å²) in [6.07, 6.45) is 2.23. The molecule has 1 fully saturated rings. The molecule has 18 heavy (non-hydrogen) atoms. The largest absolute Gasteiger partial charge is 0.392 e. The molecule has 1 aliphatic rings. The van der Waals surface area contributed by atoms with Crippen LogP contribution < -0.4 is 0 Å². The van der Waals surface area contributed by atoms with Crippen LogP contribution in [0.1, 0.15) is 68.2 Å². The zero-order valence-electron chi connectivity index (χ0n) is 13.7. The van der Waals surface area contributed by atoms with E-state index in [0.29, 0.717) is 29.1 Å². The Morgan fingerprint density at radius 1 is 1.11 bits per heavy atom. The Hall–Kier alpha value is -0.0400. The summed E-state index contributed by atoms with van der Waals surface area (Å²) in [5.74, 6) is 2.40. The molecule has 0 saturated heterocycles. The zero-order chi connectivity index (χ0) is 14.3. The number of aliphatic hydroxyl groups is 1. The van der Waals surface area contributed by atoms with Crippen molar-refractivity contribution < 1.29 is 5.11 Å². The Balaban J connectivity index is 3.16. The molecular formula is C17H34O. The molecule has 108 valence electrons. The van der Waals surface area contributed by atoms with Crippen LogP contribution in [0.4, 0.5) is 0 Å². The van der Waals surface area contributed by atoms with Gasteiger partial charge in [-0.15, -0.1) is 0 Å². The summed E-state index contributed by atoms with van der Waals surface area (Å²) in [6, 6.07) is 0. The van der Waals surface area contributed by atoms with Crippen LogP contribution >= 0.6 is 0 Å². The van der Waals surface area contributed by atoms with Crippen LogP contribution in [-0.2, 0) is 0 Å². The summed E-state index contributed by atoms with van der Waals surface area (Å²) in [5, 5.41) is 10.6. The Kier molecular flexibility index (Phi) is 4.58. The molecule has 1 heteroatoms. The van der Waals surface area contributed by atoms with Crippen molar-refractivity contribution in [2.75, 3.05) is 0 Å². The topological polar surface area (TPSA) is 20.2 Å². The van der Waals surface area contributed by atoms with Gasteiger partial charge in [-0.3, -0.25) is 0 Å². The third kappa shape index (κ3) is 2.61. The van der Waals surface area contributed by atoms with Crippen LogP contribution in [0.3, 0.4) is 0 Å². The van der Waals surface area contributed by atoms with Gasteiger partial charge in [0.15, 0.2) is 0 Å². The van der Waals surface area contributed by atoms with Gasteiger partial charge in [0.2, 0.25) is 0 Å². The Labute approximate surface area is 114 Å². The van der Waals surface area contributed by atoms with E-state index in [4.69, 9.17) is 0 Å². The van der Waals surface area contributed by atoms with Gasteiger partial charge < -0.3 is 5.11 Å². The van der Waals surface area contributed by atoms with Crippen LogP contribution in [-0.4, -0.2) is 11.2 Å². The van der Waals surface area contributed by atoms with Crippen LogP contribution in [0.15, 0.2) is 0 Å². The van der Waals surface area contributed by atoms with Crippen molar-refractivity contribution in [1.29, 1.82) is 0 Å². The van der Waals surface area contributed by atoms with Gasteiger partial charge in [-0.25, -0.2) is 0 Å². The summed E-state index contributed by atoms with van der Waals surface area (Å²) in [7, 11) is 0. The molecule has 0 bridgehead atoms. The van der Waals surface area contributed by atoms with Crippen molar-refractivity contribution in [2.45, 2.75) is 74.3 Å². The van der Waals surface area contributed by atoms with Gasteiger partial charge >= 0.3 is 0 Å². The van der Waals surface area contributed by atoms with Gasteiger partial charge in [0.05, 0.1) is 6.10 Å². The van der Waals surface area contributed by atoms with Gasteiger partial charge in [0.1, 0.15) is 0 Å². The van der Waals surface area contributed by atoms with E-state index < -0.39 is 0 Å². The first-order valence-electron chi connectivity index (χ1n) is 7.71. The fourth-order valence-electron chi connectivity index (χ4n) is 4.42. The lowest BCUT2D eigenvalue weighted by Gasteiger charge is -2.58. The van der Waals surface area contributed by atoms with Crippen molar-refractivity contribution in [2.24, 2.45) is 34.5 Å². The molecule has 1 aliphatic carbocycles. The molecule has 0 aliphatic heterocycles. The first-order chi connectivity index (χ1) is 8.03. The molecule has 0 spiro atoms. The van der Waals surface area contributed by atoms with Crippen molar-refractivity contribution in [1.82, 2.24) is 0 Å². The minimum Gasteiger partial charge on any atom is -0.392 e. The van der Waals surface area contributed by atoms with Crippen LogP contribution in [0, 0.1) is 34.5 Å². The van der Waals surface area contributed by atoms with Crippen molar-refractivity contribution in [3.05, 3.63) is 0 Å². The molecule has 1 nitrogen and oxygen atoms in total. The SMILES string of the molecule is CC(C)C[C@H]1C(C)(C)[C@@H](O)[C@H](C)C[C@]1(C)C(C)C. The van der Waals surface area contributed by atoms with E-state index in [1.54, 1.807) is 0 Å². The molecule has 1 saturated carbocycles. The molecular weight excluding hydrogens is 220 g/mol. The number of rotatable bonds is 3. The number of hydrogen-bond acceptors (Lipinski definition) is 1. The van der Waals surface area contributed by atoms with E-state index in [-0.39, 0.29) is 11.5 Å². The van der Waals surface area contributed by atoms with Gasteiger partial charge in [-0.05, 0) is 47.3 Å². The highest BCUT2D eigenvalue weighted by Gasteiger charge is 2.54. The first kappa shape index (κ1) is 16.0. The standard InChI is InChI=1S/C17H34O/c1-11(2)9-14-16(6,7)15(18)13(5)10-17(14,8)12(3)4/h11-15,18H,9-10H2,1-8H3/t13-,14+,15+,17-/m1/s1. The maximum absolute atomic E-state index is 10.6. The maximum atomic E-state index is 10.6. The number of aliphatic hydroxyl groups excluding tert-OH is 1. The second-order valence-electron chi connectivity index (χ2n) is 8.29. The summed E-state index contributed by atoms with van der Waals surface area (Å²) < 4.78 is 0. The van der Waals surface area contributed by atoms with Crippen molar-refractivity contribution in [3.63, 3.8) is 0 Å². The summed E-state index contributed by atoms with van der Waals surface area (Å²) in [6.45, 7) is 18.6. The van der Waals surface area contributed by atoms with E-state index in [9.17, 15) is 5.11 Å². The van der Waals surface area contributed by atoms with Crippen LogP contribution in [0.5, 0.6) is 0 Å². The first-order valence-corrected chi connectivity index (χ1v) is 7.71. The van der Waals surface area contributed by atoms with Crippen LogP contribution in [0.2, 0.25) is 0 Å². The van der Waals surface area contributed by atoms with E-state index in [1.807, 2.05) is 0 Å². The lowest BCUT2D eigenvalue weighted by molar-refractivity contribution is -0.146. The fraction of sp³-hybridized carbons (Fsp3) is 1.00. The molecule has 0 unspecified atom stereocenters. The van der Waals surface area contributed by atoms with Gasteiger partial charge in [0, 0.05) is 0 Å². The quantitative estimate of drug-likeness (QED) is 0.771. The smallest absolute Gasteiger partial charge is 0.0619 e. The molecule has 0 aromatic heterocycles. The lowest BCUT2D eigenvalue weighted by atomic mass is 9.48. The van der Waals surface area contributed by atoms with E-state index in [0.717, 1.165) is 6.42 Å². The minimum atomic E-state index is -0.159. The normalized spacial score (nSPS) is 40.5. The Morgan fingerprint density at radius 3 is 2.00 bits per heavy atom. The second-order valence-corrected chi connectivity index (χ2v) is 8.29. The highest BCUT2D eigenvalue weighted by atomic mass is 16.3. The van der Waals surface area contributed by atoms with Gasteiger partial charge in [-0.2, -0.15) is 0 Å². The fourth-order valence-corrected chi connectivity index (χ4v) is 4.42. The maximum Gasteiger partial charge on any atom is 0.0619 e. The predicted octanol–water partition coefficient (Wildman–Crippen LogP) is 4.74. The minimum absolute atomic E-state index is 0.0287. The van der Waals surface area contributed by atoms with Crippen molar-refractivity contribution in [3.8, 4) is 0 Å². The van der Waals surface area contributed by atoms with Crippen LogP contribution in [0.25, 0.3) is 0 Å². The average Bonchev–Trinajstić information content (AvgIpc) is 2.21. The molecule has 0 aromatic carbocycles.